The molecular formula is C31H43N3O2. The summed E-state index contributed by atoms with van der Waals surface area (Å²) in [4.78, 5) is 20.6. The van der Waals surface area contributed by atoms with Crippen molar-refractivity contribution in [1.82, 2.24) is 14.7 Å². The van der Waals surface area contributed by atoms with Crippen LogP contribution in [0, 0.1) is 0 Å². The number of rotatable bonds is 6. The Labute approximate surface area is 217 Å². The van der Waals surface area contributed by atoms with Gasteiger partial charge in [0.2, 0.25) is 0 Å². The number of benzene rings is 1. The zero-order valence-corrected chi connectivity index (χ0v) is 21.8. The number of amides is 1. The van der Waals surface area contributed by atoms with Crippen LogP contribution >= 0.6 is 0 Å². The van der Waals surface area contributed by atoms with Crippen LogP contribution in [-0.4, -0.2) is 70.5 Å². The molecule has 5 nitrogen and oxygen atoms in total. The number of fused-ring (bicyclic) bond motifs is 2. The van der Waals surface area contributed by atoms with E-state index in [2.05, 4.69) is 28.5 Å². The highest BCUT2D eigenvalue weighted by atomic mass is 16.3. The standard InChI is InChI=1S/C31H43N3O2/c1-2-18-32-21-17-27-10-8-11-28(23-32)34(27)30(26-9-7-12-29(35)22-26)24-13-15-25(16-14-24)31(36)33-19-5-3-4-6-20-33/h2,12-16,22,27-28,30,35H,1,3-11,17-21,23H2. The predicted molar refractivity (Wildman–Crippen MR) is 146 cm³/mol. The first-order chi connectivity index (χ1) is 17.6. The van der Waals surface area contributed by atoms with Crippen molar-refractivity contribution in [2.45, 2.75) is 82.3 Å². The van der Waals surface area contributed by atoms with E-state index in [1.54, 1.807) is 0 Å². The fraction of sp³-hybridized carbons (Fsp3) is 0.581. The number of hydrogen-bond acceptors (Lipinski definition) is 4. The second kappa shape index (κ2) is 11.8. The summed E-state index contributed by atoms with van der Waals surface area (Å²) in [5.41, 5.74) is 3.35. The number of aliphatic hydroxyl groups excluding tert-OH is 1. The van der Waals surface area contributed by atoms with Crippen LogP contribution in [0.25, 0.3) is 0 Å². The molecule has 194 valence electrons. The Hall–Kier alpha value is -2.37. The number of allylic oxidation sites excluding steroid dienone is 2. The van der Waals surface area contributed by atoms with E-state index in [9.17, 15) is 9.90 Å². The van der Waals surface area contributed by atoms with Crippen molar-refractivity contribution < 1.29 is 9.90 Å². The van der Waals surface area contributed by atoms with Crippen LogP contribution < -0.4 is 0 Å². The number of aliphatic hydroxyl groups is 1. The molecule has 1 aromatic rings. The maximum absolute atomic E-state index is 13.2. The van der Waals surface area contributed by atoms with Crippen LogP contribution in [0.2, 0.25) is 0 Å². The van der Waals surface area contributed by atoms with Gasteiger partial charge in [-0.2, -0.15) is 0 Å². The van der Waals surface area contributed by atoms with Gasteiger partial charge in [-0.15, -0.1) is 6.58 Å². The fourth-order valence-electron chi connectivity index (χ4n) is 6.92. The van der Waals surface area contributed by atoms with Gasteiger partial charge in [0.1, 0.15) is 5.76 Å². The minimum Gasteiger partial charge on any atom is -0.508 e. The molecule has 0 saturated carbocycles. The fourth-order valence-corrected chi connectivity index (χ4v) is 6.92. The number of likely N-dealkylation sites (tertiary alicyclic amines) is 1. The van der Waals surface area contributed by atoms with Crippen LogP contribution in [0.5, 0.6) is 0 Å². The van der Waals surface area contributed by atoms with E-state index < -0.39 is 0 Å². The molecular weight excluding hydrogens is 446 g/mol. The smallest absolute Gasteiger partial charge is 0.253 e. The van der Waals surface area contributed by atoms with Gasteiger partial charge in [-0.05, 0) is 80.4 Å². The third-order valence-electron chi connectivity index (χ3n) is 8.69. The normalized spacial score (nSPS) is 26.8. The summed E-state index contributed by atoms with van der Waals surface area (Å²) in [5, 5.41) is 10.4. The molecule has 5 rings (SSSR count). The lowest BCUT2D eigenvalue weighted by atomic mass is 9.84. The molecule has 3 heterocycles. The molecule has 0 aromatic heterocycles. The third kappa shape index (κ3) is 5.63. The van der Waals surface area contributed by atoms with Crippen molar-refractivity contribution in [3.8, 4) is 0 Å². The molecule has 3 fully saturated rings. The Kier molecular flexibility index (Phi) is 8.28. The van der Waals surface area contributed by atoms with Gasteiger partial charge in [0, 0.05) is 50.4 Å². The van der Waals surface area contributed by atoms with E-state index in [-0.39, 0.29) is 11.9 Å². The summed E-state index contributed by atoms with van der Waals surface area (Å²) in [6.45, 7) is 8.87. The first-order valence-corrected chi connectivity index (χ1v) is 14.2. The Morgan fingerprint density at radius 3 is 2.47 bits per heavy atom. The average molecular weight is 490 g/mol. The Bertz CT molecular complexity index is 974. The molecule has 1 aliphatic carbocycles. The number of carbonyl (C=O) groups excluding carboxylic acids is 1. The first kappa shape index (κ1) is 25.3. The summed E-state index contributed by atoms with van der Waals surface area (Å²) >= 11 is 0. The highest BCUT2D eigenvalue weighted by Crippen LogP contribution is 2.42. The molecule has 3 atom stereocenters. The van der Waals surface area contributed by atoms with E-state index in [1.165, 1.54) is 49.7 Å². The first-order valence-electron chi connectivity index (χ1n) is 14.2. The zero-order chi connectivity index (χ0) is 24.9. The molecule has 1 N–H and O–H groups in total. The Balaban J connectivity index is 1.45. The molecule has 3 unspecified atom stereocenters. The molecule has 3 saturated heterocycles. The van der Waals surface area contributed by atoms with E-state index >= 15 is 0 Å². The minimum atomic E-state index is 0.141. The van der Waals surface area contributed by atoms with Crippen molar-refractivity contribution in [3.63, 3.8) is 0 Å². The molecule has 4 aliphatic rings. The van der Waals surface area contributed by atoms with Gasteiger partial charge in [-0.1, -0.05) is 37.5 Å². The second-order valence-corrected chi connectivity index (χ2v) is 11.1. The highest BCUT2D eigenvalue weighted by Gasteiger charge is 2.40. The van der Waals surface area contributed by atoms with Gasteiger partial charge < -0.3 is 10.0 Å². The lowest BCUT2D eigenvalue weighted by Crippen LogP contribution is -2.50. The molecule has 5 heteroatoms. The summed E-state index contributed by atoms with van der Waals surface area (Å²) < 4.78 is 0. The number of carbonyl (C=O) groups is 1. The van der Waals surface area contributed by atoms with Crippen LogP contribution in [0.15, 0.2) is 60.4 Å². The van der Waals surface area contributed by atoms with Gasteiger partial charge in [0.15, 0.2) is 0 Å². The maximum Gasteiger partial charge on any atom is 0.253 e. The second-order valence-electron chi connectivity index (χ2n) is 11.1. The van der Waals surface area contributed by atoms with Crippen LogP contribution in [0.3, 0.4) is 0 Å². The van der Waals surface area contributed by atoms with Gasteiger partial charge in [-0.25, -0.2) is 0 Å². The molecule has 3 aliphatic heterocycles. The maximum atomic E-state index is 13.2. The number of hydrogen-bond donors (Lipinski definition) is 1. The topological polar surface area (TPSA) is 47.0 Å². The van der Waals surface area contributed by atoms with Crippen molar-refractivity contribution in [2.24, 2.45) is 0 Å². The quantitative estimate of drug-likeness (QED) is 0.496. The number of piperidine rings is 1. The summed E-state index contributed by atoms with van der Waals surface area (Å²) in [7, 11) is 0. The van der Waals surface area contributed by atoms with E-state index in [0.29, 0.717) is 17.8 Å². The molecule has 36 heavy (non-hydrogen) atoms. The monoisotopic (exact) mass is 489 g/mol. The van der Waals surface area contributed by atoms with Gasteiger partial charge in [0.25, 0.3) is 5.91 Å². The van der Waals surface area contributed by atoms with E-state index in [4.69, 9.17) is 0 Å². The van der Waals surface area contributed by atoms with Crippen LogP contribution in [0.1, 0.15) is 86.2 Å². The van der Waals surface area contributed by atoms with Crippen LogP contribution in [-0.2, 0) is 0 Å². The lowest BCUT2D eigenvalue weighted by molar-refractivity contribution is 0.0532. The Morgan fingerprint density at radius 2 is 1.75 bits per heavy atom. The van der Waals surface area contributed by atoms with Gasteiger partial charge in [-0.3, -0.25) is 14.6 Å². The predicted octanol–water partition coefficient (Wildman–Crippen LogP) is 6.02. The lowest BCUT2D eigenvalue weighted by Gasteiger charge is -2.47. The van der Waals surface area contributed by atoms with Crippen LogP contribution in [0.4, 0.5) is 0 Å². The van der Waals surface area contributed by atoms with Crippen molar-refractivity contribution in [2.75, 3.05) is 32.7 Å². The molecule has 1 aromatic carbocycles. The molecule has 1 amide bonds. The van der Waals surface area contributed by atoms with Crippen molar-refractivity contribution in [1.29, 1.82) is 0 Å². The highest BCUT2D eigenvalue weighted by molar-refractivity contribution is 5.94. The van der Waals surface area contributed by atoms with Crippen molar-refractivity contribution >= 4 is 5.91 Å². The summed E-state index contributed by atoms with van der Waals surface area (Å²) in [6, 6.07) is 9.64. The number of nitrogens with zero attached hydrogens (tertiary/aromatic N) is 3. The van der Waals surface area contributed by atoms with E-state index in [0.717, 1.165) is 64.0 Å². The third-order valence-corrected chi connectivity index (χ3v) is 8.69. The zero-order valence-electron chi connectivity index (χ0n) is 21.8. The molecule has 2 bridgehead atoms. The molecule has 0 radical (unpaired) electrons. The Morgan fingerprint density at radius 1 is 1.00 bits per heavy atom. The largest absolute Gasteiger partial charge is 0.508 e. The van der Waals surface area contributed by atoms with Gasteiger partial charge >= 0.3 is 0 Å². The van der Waals surface area contributed by atoms with Gasteiger partial charge in [0.05, 0.1) is 6.04 Å². The van der Waals surface area contributed by atoms with E-state index in [1.807, 2.05) is 35.3 Å². The van der Waals surface area contributed by atoms with Crippen molar-refractivity contribution in [3.05, 3.63) is 71.5 Å². The summed E-state index contributed by atoms with van der Waals surface area (Å²) in [6.07, 6.45) is 17.4. The summed E-state index contributed by atoms with van der Waals surface area (Å²) in [5.74, 6) is 0.562. The average Bonchev–Trinajstić information content (AvgIpc) is 3.22. The SMILES string of the molecule is C=CCN1CCC2CCCC(C1)N2C(C1=CC(O)=CCC1)c1ccc(C(=O)N2CCCCCC2)cc1. The molecule has 0 spiro atoms. The minimum absolute atomic E-state index is 0.141.